The number of aromatic nitrogens is 2. The lowest BCUT2D eigenvalue weighted by molar-refractivity contribution is 0.0600. The van der Waals surface area contributed by atoms with Crippen LogP contribution in [0.15, 0.2) is 67.3 Å². The van der Waals surface area contributed by atoms with E-state index in [0.717, 1.165) is 23.4 Å². The largest absolute Gasteiger partial charge is 0.465 e. The SMILES string of the molecule is COC(=O)c1ccc(C(S)(CCc2ccc(Cl)cc2)Cn2ccnc2)cc1. The zero-order chi connectivity index (χ0) is 19.3. The fourth-order valence-corrected chi connectivity index (χ4v) is 3.58. The van der Waals surface area contributed by atoms with Gasteiger partial charge in [0.15, 0.2) is 0 Å². The highest BCUT2D eigenvalue weighted by Crippen LogP contribution is 2.36. The Bertz CT molecular complexity index is 880. The lowest BCUT2D eigenvalue weighted by Crippen LogP contribution is -2.26. The summed E-state index contributed by atoms with van der Waals surface area (Å²) in [5, 5.41) is 0.729. The van der Waals surface area contributed by atoms with E-state index in [0.29, 0.717) is 12.1 Å². The first-order chi connectivity index (χ1) is 13.0. The Morgan fingerprint density at radius 2 is 1.89 bits per heavy atom. The van der Waals surface area contributed by atoms with Crippen molar-refractivity contribution in [2.24, 2.45) is 0 Å². The molecule has 0 fully saturated rings. The summed E-state index contributed by atoms with van der Waals surface area (Å²) in [5.41, 5.74) is 2.77. The van der Waals surface area contributed by atoms with Crippen molar-refractivity contribution in [3.8, 4) is 0 Å². The molecule has 3 aromatic rings. The van der Waals surface area contributed by atoms with Gasteiger partial charge in [0.1, 0.15) is 0 Å². The highest BCUT2D eigenvalue weighted by molar-refractivity contribution is 7.81. The monoisotopic (exact) mass is 400 g/mol. The maximum atomic E-state index is 11.7. The van der Waals surface area contributed by atoms with Gasteiger partial charge in [-0.25, -0.2) is 9.78 Å². The van der Waals surface area contributed by atoms with Crippen molar-refractivity contribution in [3.63, 3.8) is 0 Å². The summed E-state index contributed by atoms with van der Waals surface area (Å²) < 4.78 is 6.38. The van der Waals surface area contributed by atoms with Crippen LogP contribution in [0, 0.1) is 0 Å². The van der Waals surface area contributed by atoms with Crippen LogP contribution in [0.1, 0.15) is 27.9 Å². The molecule has 140 valence electrons. The van der Waals surface area contributed by atoms with E-state index in [2.05, 4.69) is 4.98 Å². The van der Waals surface area contributed by atoms with Crippen LogP contribution < -0.4 is 0 Å². The molecule has 3 rings (SSSR count). The van der Waals surface area contributed by atoms with E-state index in [1.807, 2.05) is 47.2 Å². The fourth-order valence-electron chi connectivity index (χ4n) is 3.03. The van der Waals surface area contributed by atoms with Crippen LogP contribution in [0.2, 0.25) is 5.02 Å². The minimum atomic E-state index is -0.422. The summed E-state index contributed by atoms with van der Waals surface area (Å²) in [6.07, 6.45) is 7.14. The molecule has 1 atom stereocenters. The van der Waals surface area contributed by atoms with Crippen LogP contribution in [-0.2, 0) is 22.4 Å². The third-order valence-corrected chi connectivity index (χ3v) is 5.46. The third-order valence-electron chi connectivity index (χ3n) is 4.59. The number of hydrogen-bond acceptors (Lipinski definition) is 4. The molecule has 0 aliphatic heterocycles. The third kappa shape index (κ3) is 4.93. The van der Waals surface area contributed by atoms with Crippen molar-refractivity contribution < 1.29 is 9.53 Å². The van der Waals surface area contributed by atoms with Gasteiger partial charge in [-0.1, -0.05) is 35.9 Å². The zero-order valence-corrected chi connectivity index (χ0v) is 16.7. The predicted molar refractivity (Wildman–Crippen MR) is 110 cm³/mol. The number of thiol groups is 1. The molecule has 0 aliphatic carbocycles. The normalized spacial score (nSPS) is 13.1. The molecule has 4 nitrogen and oxygen atoms in total. The maximum Gasteiger partial charge on any atom is 0.337 e. The van der Waals surface area contributed by atoms with Crippen LogP contribution in [0.4, 0.5) is 0 Å². The van der Waals surface area contributed by atoms with Crippen LogP contribution in [0.25, 0.3) is 0 Å². The van der Waals surface area contributed by atoms with Gasteiger partial charge < -0.3 is 9.30 Å². The van der Waals surface area contributed by atoms with Crippen LogP contribution >= 0.6 is 24.2 Å². The molecule has 0 aliphatic rings. The fraction of sp³-hybridized carbons (Fsp3) is 0.238. The molecule has 6 heteroatoms. The van der Waals surface area contributed by atoms with Gasteiger partial charge in [-0.15, -0.1) is 0 Å². The van der Waals surface area contributed by atoms with Crippen LogP contribution in [0.5, 0.6) is 0 Å². The molecule has 0 saturated heterocycles. The summed E-state index contributed by atoms with van der Waals surface area (Å²) >= 11 is 11.0. The van der Waals surface area contributed by atoms with E-state index in [9.17, 15) is 4.79 Å². The van der Waals surface area contributed by atoms with Gasteiger partial charge >= 0.3 is 5.97 Å². The standard InChI is InChI=1S/C21H21ClN2O2S/c1-26-20(25)17-4-6-18(7-5-17)21(27,14-24-13-12-23-15-24)11-10-16-2-8-19(22)9-3-16/h2-9,12-13,15,27H,10-11,14H2,1H3. The minimum absolute atomic E-state index is 0.345. The van der Waals surface area contributed by atoms with E-state index < -0.39 is 4.75 Å². The zero-order valence-electron chi connectivity index (χ0n) is 15.0. The van der Waals surface area contributed by atoms with E-state index >= 15 is 0 Å². The number of aryl methyl sites for hydroxylation is 1. The topological polar surface area (TPSA) is 44.1 Å². The van der Waals surface area contributed by atoms with Gasteiger partial charge in [0.05, 0.1) is 23.7 Å². The van der Waals surface area contributed by atoms with Gasteiger partial charge in [0.25, 0.3) is 0 Å². The number of halogens is 1. The summed E-state index contributed by atoms with van der Waals surface area (Å²) in [4.78, 5) is 15.8. The van der Waals surface area contributed by atoms with E-state index in [1.54, 1.807) is 24.7 Å². The quantitative estimate of drug-likeness (QED) is 0.458. The molecule has 1 heterocycles. The number of ether oxygens (including phenoxy) is 1. The Labute approximate surface area is 169 Å². The molecule has 0 N–H and O–H groups in total. The maximum absolute atomic E-state index is 11.7. The molecular formula is C21H21ClN2O2S. The van der Waals surface area contributed by atoms with E-state index in [-0.39, 0.29) is 5.97 Å². The highest BCUT2D eigenvalue weighted by Gasteiger charge is 2.28. The van der Waals surface area contributed by atoms with Gasteiger partial charge in [0.2, 0.25) is 0 Å². The molecule has 1 unspecified atom stereocenters. The van der Waals surface area contributed by atoms with Gasteiger partial charge in [-0.2, -0.15) is 12.6 Å². The van der Waals surface area contributed by atoms with Crippen molar-refractivity contribution >= 4 is 30.2 Å². The van der Waals surface area contributed by atoms with Crippen molar-refractivity contribution in [2.75, 3.05) is 7.11 Å². The van der Waals surface area contributed by atoms with E-state index in [1.165, 1.54) is 12.7 Å². The number of carbonyl (C=O) groups excluding carboxylic acids is 1. The molecule has 0 radical (unpaired) electrons. The number of nitrogens with zero attached hydrogens (tertiary/aromatic N) is 2. The summed E-state index contributed by atoms with van der Waals surface area (Å²) in [7, 11) is 1.38. The Balaban J connectivity index is 1.84. The lowest BCUT2D eigenvalue weighted by Gasteiger charge is -2.30. The number of carbonyl (C=O) groups is 1. The average molecular weight is 401 g/mol. The Morgan fingerprint density at radius 1 is 1.19 bits per heavy atom. The molecular weight excluding hydrogens is 380 g/mol. The van der Waals surface area contributed by atoms with Crippen LogP contribution in [0.3, 0.4) is 0 Å². The highest BCUT2D eigenvalue weighted by atomic mass is 35.5. The van der Waals surface area contributed by atoms with Gasteiger partial charge in [-0.3, -0.25) is 0 Å². The smallest absolute Gasteiger partial charge is 0.337 e. The second-order valence-electron chi connectivity index (χ2n) is 6.46. The number of imidazole rings is 1. The first kappa shape index (κ1) is 19.5. The first-order valence-corrected chi connectivity index (χ1v) is 9.44. The second kappa shape index (κ2) is 8.63. The summed E-state index contributed by atoms with van der Waals surface area (Å²) in [5.74, 6) is -0.345. The number of rotatable bonds is 7. The summed E-state index contributed by atoms with van der Waals surface area (Å²) in [6, 6.07) is 15.3. The van der Waals surface area contributed by atoms with Gasteiger partial charge in [0, 0.05) is 24.0 Å². The second-order valence-corrected chi connectivity index (χ2v) is 7.75. The van der Waals surface area contributed by atoms with Crippen molar-refractivity contribution in [2.45, 2.75) is 24.1 Å². The van der Waals surface area contributed by atoms with Crippen molar-refractivity contribution in [1.82, 2.24) is 9.55 Å². The van der Waals surface area contributed by atoms with Gasteiger partial charge in [-0.05, 0) is 48.2 Å². The number of hydrogen-bond donors (Lipinski definition) is 1. The van der Waals surface area contributed by atoms with Crippen molar-refractivity contribution in [1.29, 1.82) is 0 Å². The van der Waals surface area contributed by atoms with Crippen molar-refractivity contribution in [3.05, 3.63) is 89.0 Å². The van der Waals surface area contributed by atoms with E-state index in [4.69, 9.17) is 29.0 Å². The molecule has 0 bridgehead atoms. The molecule has 0 spiro atoms. The predicted octanol–water partition coefficient (Wildman–Crippen LogP) is 4.78. The Kier molecular flexibility index (Phi) is 6.24. The Morgan fingerprint density at radius 3 is 2.48 bits per heavy atom. The summed E-state index contributed by atoms with van der Waals surface area (Å²) in [6.45, 7) is 0.668. The first-order valence-electron chi connectivity index (χ1n) is 8.61. The Hall–Kier alpha value is -2.24. The average Bonchev–Trinajstić information content (AvgIpc) is 3.20. The molecule has 1 aromatic heterocycles. The number of esters is 1. The molecule has 0 amide bonds. The number of methoxy groups -OCH3 is 1. The van der Waals surface area contributed by atoms with Crippen LogP contribution in [-0.4, -0.2) is 22.6 Å². The number of benzene rings is 2. The lowest BCUT2D eigenvalue weighted by atomic mass is 9.90. The molecule has 0 saturated carbocycles. The minimum Gasteiger partial charge on any atom is -0.465 e. The molecule has 2 aromatic carbocycles. The molecule has 27 heavy (non-hydrogen) atoms.